The number of fused-ring (bicyclic) bond motifs is 2. The summed E-state index contributed by atoms with van der Waals surface area (Å²) < 4.78 is 6.18. The molecule has 0 radical (unpaired) electrons. The molecule has 60 heavy (non-hydrogen) atoms. The van der Waals surface area contributed by atoms with E-state index in [1.54, 1.807) is 0 Å². The van der Waals surface area contributed by atoms with Gasteiger partial charge in [-0.3, -0.25) is 29.1 Å². The summed E-state index contributed by atoms with van der Waals surface area (Å²) in [4.78, 5) is 54.6. The summed E-state index contributed by atoms with van der Waals surface area (Å²) >= 11 is 2.69. The number of hydrogen-bond donors (Lipinski definition) is 3. The van der Waals surface area contributed by atoms with Crippen molar-refractivity contribution in [3.05, 3.63) is 113 Å². The van der Waals surface area contributed by atoms with E-state index in [0.29, 0.717) is 72.7 Å². The van der Waals surface area contributed by atoms with Crippen LogP contribution < -0.4 is 19.8 Å². The van der Waals surface area contributed by atoms with E-state index in [1.807, 2.05) is 79.0 Å². The smallest absolute Gasteiger partial charge is 0.306 e. The number of benzene rings is 3. The van der Waals surface area contributed by atoms with Gasteiger partial charge in [-0.1, -0.05) is 60.9 Å². The van der Waals surface area contributed by atoms with Crippen LogP contribution in [0.3, 0.4) is 0 Å². The van der Waals surface area contributed by atoms with Gasteiger partial charge in [0.2, 0.25) is 0 Å². The molecule has 3 aromatic carbocycles. The van der Waals surface area contributed by atoms with Crippen LogP contribution in [0.5, 0.6) is 0 Å². The van der Waals surface area contributed by atoms with Crippen molar-refractivity contribution in [1.82, 2.24) is 24.5 Å². The lowest BCUT2D eigenvalue weighted by atomic mass is 9.89. The highest BCUT2D eigenvalue weighted by Crippen LogP contribution is 2.34. The SMILES string of the molecule is Cc1c(-c2ccc(N3CCc4cccc(C(=O)Nc5nc6ccccc6s5)c4C3)nc2C(=O)NSc2cccc(N3CCC(C(=O)O)CC3)c2)cnn1CC1CCCCC1. The largest absolute Gasteiger partial charge is 0.481 e. The molecule has 0 bridgehead atoms. The van der Waals surface area contributed by atoms with Crippen LogP contribution in [0.15, 0.2) is 90.0 Å². The fourth-order valence-electron chi connectivity index (χ4n) is 8.89. The normalized spacial score (nSPS) is 16.1. The second-order valence-electron chi connectivity index (χ2n) is 16.1. The number of piperidine rings is 1. The van der Waals surface area contributed by atoms with Gasteiger partial charge in [-0.15, -0.1) is 0 Å². The van der Waals surface area contributed by atoms with Gasteiger partial charge in [-0.05, 0) is 117 Å². The Labute approximate surface area is 357 Å². The Bertz CT molecular complexity index is 2520. The highest BCUT2D eigenvalue weighted by Gasteiger charge is 2.28. The van der Waals surface area contributed by atoms with Crippen LogP contribution >= 0.6 is 23.3 Å². The quantitative estimate of drug-likeness (QED) is 0.108. The number of carboxylic acids is 1. The van der Waals surface area contributed by atoms with Gasteiger partial charge in [0.15, 0.2) is 5.13 Å². The lowest BCUT2D eigenvalue weighted by Crippen LogP contribution is -2.36. The molecule has 3 N–H and O–H groups in total. The maximum absolute atomic E-state index is 14.4. The lowest BCUT2D eigenvalue weighted by Gasteiger charge is -2.32. The number of para-hydroxylation sites is 1. The van der Waals surface area contributed by atoms with Crippen molar-refractivity contribution in [2.45, 2.75) is 76.3 Å². The molecule has 14 heteroatoms. The maximum atomic E-state index is 14.4. The van der Waals surface area contributed by atoms with Crippen LogP contribution in [0.2, 0.25) is 0 Å². The number of nitrogens with one attached hydrogen (secondary N) is 2. The van der Waals surface area contributed by atoms with Crippen molar-refractivity contribution >= 4 is 67.9 Å². The minimum Gasteiger partial charge on any atom is -0.481 e. The Morgan fingerprint density at radius 3 is 2.48 bits per heavy atom. The predicted molar refractivity (Wildman–Crippen MR) is 238 cm³/mol. The number of aliphatic carboxylic acids is 1. The van der Waals surface area contributed by atoms with Gasteiger partial charge in [0, 0.05) is 65.7 Å². The number of anilines is 3. The minimum atomic E-state index is -0.732. The van der Waals surface area contributed by atoms with Crippen molar-refractivity contribution in [1.29, 1.82) is 0 Å². The average Bonchev–Trinajstić information content (AvgIpc) is 3.87. The van der Waals surface area contributed by atoms with Crippen molar-refractivity contribution in [3.63, 3.8) is 0 Å². The fraction of sp³-hybridized carbons (Fsp3) is 0.348. The summed E-state index contributed by atoms with van der Waals surface area (Å²) in [6.07, 6.45) is 10.0. The third-order valence-corrected chi connectivity index (χ3v) is 14.0. The molecule has 0 spiro atoms. The van der Waals surface area contributed by atoms with Crippen LogP contribution in [0.25, 0.3) is 21.3 Å². The van der Waals surface area contributed by atoms with Crippen molar-refractivity contribution in [3.8, 4) is 11.1 Å². The molecule has 0 atom stereocenters. The first-order chi connectivity index (χ1) is 29.3. The molecule has 12 nitrogen and oxygen atoms in total. The fourth-order valence-corrected chi connectivity index (χ4v) is 10.4. The summed E-state index contributed by atoms with van der Waals surface area (Å²) in [5, 5.41) is 17.9. The van der Waals surface area contributed by atoms with Crippen LogP contribution in [-0.2, 0) is 24.3 Å². The van der Waals surface area contributed by atoms with Gasteiger partial charge in [0.25, 0.3) is 11.8 Å². The van der Waals surface area contributed by atoms with E-state index in [2.05, 4.69) is 42.5 Å². The van der Waals surface area contributed by atoms with Crippen LogP contribution in [0.4, 0.5) is 16.6 Å². The lowest BCUT2D eigenvalue weighted by molar-refractivity contribution is -0.142. The molecule has 0 unspecified atom stereocenters. The molecule has 1 saturated carbocycles. The highest BCUT2D eigenvalue weighted by molar-refractivity contribution is 7.98. The first kappa shape index (κ1) is 39.7. The zero-order chi connectivity index (χ0) is 41.2. The molecule has 1 saturated heterocycles. The first-order valence-electron chi connectivity index (χ1n) is 20.9. The Morgan fingerprint density at radius 1 is 0.850 bits per heavy atom. The van der Waals surface area contributed by atoms with E-state index in [1.165, 1.54) is 55.4 Å². The zero-order valence-electron chi connectivity index (χ0n) is 33.6. The van der Waals surface area contributed by atoms with E-state index in [0.717, 1.165) is 56.1 Å². The van der Waals surface area contributed by atoms with Crippen LogP contribution in [0, 0.1) is 18.8 Å². The van der Waals surface area contributed by atoms with Crippen molar-refractivity contribution in [2.24, 2.45) is 11.8 Å². The molecule has 3 aromatic heterocycles. The number of rotatable bonds is 11. The average molecular weight is 841 g/mol. The molecular formula is C46H48N8O4S2. The van der Waals surface area contributed by atoms with E-state index in [-0.39, 0.29) is 17.7 Å². The Balaban J connectivity index is 0.977. The van der Waals surface area contributed by atoms with Gasteiger partial charge < -0.3 is 14.9 Å². The molecular weight excluding hydrogens is 793 g/mol. The number of pyridine rings is 1. The number of aromatic nitrogens is 4. The Morgan fingerprint density at radius 2 is 1.67 bits per heavy atom. The molecule has 308 valence electrons. The molecule has 9 rings (SSSR count). The van der Waals surface area contributed by atoms with Gasteiger partial charge in [-0.2, -0.15) is 5.10 Å². The van der Waals surface area contributed by atoms with E-state index in [4.69, 9.17) is 10.1 Å². The number of hydrogen-bond acceptors (Lipinski definition) is 10. The molecule has 2 fully saturated rings. The van der Waals surface area contributed by atoms with Crippen molar-refractivity contribution < 1.29 is 19.5 Å². The van der Waals surface area contributed by atoms with Gasteiger partial charge in [0.1, 0.15) is 11.5 Å². The number of carboxylic acid groups (broad SMARTS) is 1. The summed E-state index contributed by atoms with van der Waals surface area (Å²) in [5.41, 5.74) is 7.39. The summed E-state index contributed by atoms with van der Waals surface area (Å²) in [6.45, 7) is 5.40. The zero-order valence-corrected chi connectivity index (χ0v) is 35.2. The first-order valence-corrected chi connectivity index (χ1v) is 22.5. The molecule has 5 heterocycles. The minimum absolute atomic E-state index is 0.206. The van der Waals surface area contributed by atoms with Crippen molar-refractivity contribution in [2.75, 3.05) is 34.8 Å². The second kappa shape index (κ2) is 17.5. The molecule has 2 aliphatic heterocycles. The number of thiazole rings is 1. The van der Waals surface area contributed by atoms with Crippen LogP contribution in [-0.4, -0.2) is 62.3 Å². The topological polar surface area (TPSA) is 146 Å². The maximum Gasteiger partial charge on any atom is 0.306 e. The third-order valence-electron chi connectivity index (χ3n) is 12.3. The molecule has 2 amide bonds. The number of amides is 2. The van der Waals surface area contributed by atoms with Crippen LogP contribution in [0.1, 0.15) is 82.6 Å². The summed E-state index contributed by atoms with van der Waals surface area (Å²) in [5.74, 6) is -0.321. The van der Waals surface area contributed by atoms with E-state index >= 15 is 0 Å². The monoisotopic (exact) mass is 840 g/mol. The Hall–Kier alpha value is -5.73. The van der Waals surface area contributed by atoms with E-state index in [9.17, 15) is 19.5 Å². The highest BCUT2D eigenvalue weighted by atomic mass is 32.2. The van der Waals surface area contributed by atoms with Gasteiger partial charge >= 0.3 is 5.97 Å². The number of nitrogens with zero attached hydrogens (tertiary/aromatic N) is 6. The Kier molecular flexibility index (Phi) is 11.6. The van der Waals surface area contributed by atoms with Gasteiger partial charge in [0.05, 0.1) is 22.3 Å². The number of carbonyl (C=O) groups excluding carboxylic acids is 2. The molecule has 3 aliphatic rings. The molecule has 1 aliphatic carbocycles. The third kappa shape index (κ3) is 8.48. The van der Waals surface area contributed by atoms with Gasteiger partial charge in [-0.25, -0.2) is 9.97 Å². The summed E-state index contributed by atoms with van der Waals surface area (Å²) in [7, 11) is 0. The summed E-state index contributed by atoms with van der Waals surface area (Å²) in [6, 6.07) is 25.6. The standard InChI is InChI=1S/C46H48N8O4S2/c1-29-37(26-47-54(29)27-30-9-3-2-4-10-30)35-17-18-41(49-42(35)44(56)51-60-34-13-8-12-33(25-34)52-22-20-32(21-23-52)45(57)58)53-24-19-31-11-7-14-36(38(31)28-53)43(55)50-46-48-39-15-5-6-16-40(39)59-46/h5-8,11-18,25-26,30,32H,2-4,9-10,19-24,27-28H2,1H3,(H,51,56)(H,57,58)(H,48,50,55). The second-order valence-corrected chi connectivity index (χ2v) is 18.0. The molecule has 6 aromatic rings. The van der Waals surface area contributed by atoms with E-state index < -0.39 is 5.97 Å². The predicted octanol–water partition coefficient (Wildman–Crippen LogP) is 9.00. The number of carbonyl (C=O) groups is 3.